The zero-order valence-corrected chi connectivity index (χ0v) is 16.9. The van der Waals surface area contributed by atoms with Crippen LogP contribution in [0, 0.1) is 0 Å². The van der Waals surface area contributed by atoms with Gasteiger partial charge in [0.25, 0.3) is 5.91 Å². The summed E-state index contributed by atoms with van der Waals surface area (Å²) in [6, 6.07) is 19.2. The van der Waals surface area contributed by atoms with Crippen molar-refractivity contribution < 1.29 is 14.3 Å². The summed E-state index contributed by atoms with van der Waals surface area (Å²) in [5, 5.41) is 3.45. The number of aromatic nitrogens is 2. The van der Waals surface area contributed by atoms with Crippen molar-refractivity contribution in [1.82, 2.24) is 9.97 Å². The second-order valence-electron chi connectivity index (χ2n) is 6.58. The number of nitrogens with one attached hydrogen (secondary N) is 2. The maximum Gasteiger partial charge on any atom is 0.338 e. The molecule has 1 aromatic heterocycles. The number of ether oxygens (including phenoxy) is 1. The first-order valence-corrected chi connectivity index (χ1v) is 9.75. The molecule has 4 rings (SSSR count). The molecule has 1 heterocycles. The van der Waals surface area contributed by atoms with Gasteiger partial charge in [-0.2, -0.15) is 0 Å². The van der Waals surface area contributed by atoms with Gasteiger partial charge in [-0.3, -0.25) is 4.79 Å². The van der Waals surface area contributed by atoms with Gasteiger partial charge in [-0.25, -0.2) is 9.78 Å². The number of nitrogens with zero attached hydrogens (tertiary/aromatic N) is 1. The normalized spacial score (nSPS) is 10.7. The van der Waals surface area contributed by atoms with Crippen LogP contribution in [0.1, 0.15) is 27.6 Å². The van der Waals surface area contributed by atoms with Crippen LogP contribution in [0.3, 0.4) is 0 Å². The Morgan fingerprint density at radius 2 is 1.70 bits per heavy atom. The highest BCUT2D eigenvalue weighted by Crippen LogP contribution is 2.23. The molecule has 0 fully saturated rings. The Hall–Kier alpha value is -3.64. The van der Waals surface area contributed by atoms with Gasteiger partial charge in [-0.1, -0.05) is 23.7 Å². The van der Waals surface area contributed by atoms with Crippen LogP contribution in [-0.4, -0.2) is 28.5 Å². The molecule has 3 aromatic carbocycles. The van der Waals surface area contributed by atoms with Crippen LogP contribution in [0.4, 0.5) is 5.69 Å². The Morgan fingerprint density at radius 3 is 2.40 bits per heavy atom. The summed E-state index contributed by atoms with van der Waals surface area (Å²) in [7, 11) is 0. The van der Waals surface area contributed by atoms with Gasteiger partial charge >= 0.3 is 5.97 Å². The van der Waals surface area contributed by atoms with Crippen molar-refractivity contribution in [3.8, 4) is 11.4 Å². The molecule has 0 saturated carbocycles. The second-order valence-corrected chi connectivity index (χ2v) is 7.01. The van der Waals surface area contributed by atoms with E-state index in [2.05, 4.69) is 15.3 Å². The van der Waals surface area contributed by atoms with Crippen molar-refractivity contribution in [3.63, 3.8) is 0 Å². The van der Waals surface area contributed by atoms with E-state index in [9.17, 15) is 9.59 Å². The highest BCUT2D eigenvalue weighted by atomic mass is 35.5. The third kappa shape index (κ3) is 4.18. The Bertz CT molecular complexity index is 1210. The number of amides is 1. The Balaban J connectivity index is 1.46. The highest BCUT2D eigenvalue weighted by molar-refractivity contribution is 6.31. The molecule has 2 N–H and O–H groups in total. The number of aromatic amines is 1. The smallest absolute Gasteiger partial charge is 0.338 e. The highest BCUT2D eigenvalue weighted by Gasteiger charge is 2.10. The van der Waals surface area contributed by atoms with Crippen LogP contribution in [0.2, 0.25) is 5.02 Å². The summed E-state index contributed by atoms with van der Waals surface area (Å²) >= 11 is 6.02. The number of hydrogen-bond acceptors (Lipinski definition) is 4. The molecule has 0 radical (unpaired) electrons. The van der Waals surface area contributed by atoms with Crippen LogP contribution in [-0.2, 0) is 4.74 Å². The molecule has 6 nitrogen and oxygen atoms in total. The lowest BCUT2D eigenvalue weighted by Gasteiger charge is -2.07. The van der Waals surface area contributed by atoms with E-state index in [0.717, 1.165) is 16.6 Å². The molecular weight excluding hydrogens is 402 g/mol. The fraction of sp³-hybridized carbons (Fsp3) is 0.0870. The summed E-state index contributed by atoms with van der Waals surface area (Å²) in [5.41, 5.74) is 4.07. The summed E-state index contributed by atoms with van der Waals surface area (Å²) in [4.78, 5) is 32.0. The first kappa shape index (κ1) is 19.7. The van der Waals surface area contributed by atoms with Crippen LogP contribution >= 0.6 is 11.6 Å². The predicted molar refractivity (Wildman–Crippen MR) is 117 cm³/mol. The van der Waals surface area contributed by atoms with Gasteiger partial charge in [0.05, 0.1) is 23.2 Å². The van der Waals surface area contributed by atoms with Gasteiger partial charge in [0.1, 0.15) is 5.82 Å². The van der Waals surface area contributed by atoms with E-state index in [1.54, 1.807) is 49.4 Å². The van der Waals surface area contributed by atoms with Gasteiger partial charge < -0.3 is 15.0 Å². The van der Waals surface area contributed by atoms with Crippen molar-refractivity contribution in [3.05, 3.63) is 82.9 Å². The van der Waals surface area contributed by atoms with E-state index < -0.39 is 0 Å². The number of anilines is 1. The lowest BCUT2D eigenvalue weighted by molar-refractivity contribution is 0.0526. The number of fused-ring (bicyclic) bond motifs is 1. The number of imidazole rings is 1. The molecule has 1 amide bonds. The first-order chi connectivity index (χ1) is 14.5. The first-order valence-electron chi connectivity index (χ1n) is 9.38. The Kier molecular flexibility index (Phi) is 5.50. The topological polar surface area (TPSA) is 84.1 Å². The van der Waals surface area contributed by atoms with Crippen LogP contribution in [0.15, 0.2) is 66.7 Å². The molecule has 0 aliphatic rings. The third-order valence-electron chi connectivity index (χ3n) is 4.52. The van der Waals surface area contributed by atoms with Gasteiger partial charge in [0.2, 0.25) is 0 Å². The maximum absolute atomic E-state index is 12.5. The molecule has 0 spiro atoms. The van der Waals surface area contributed by atoms with E-state index in [1.165, 1.54) is 0 Å². The van der Waals surface area contributed by atoms with E-state index in [-0.39, 0.29) is 11.9 Å². The number of carbonyl (C=O) groups is 2. The number of hydrogen-bond donors (Lipinski definition) is 2. The predicted octanol–water partition coefficient (Wildman–Crippen LogP) is 5.31. The van der Waals surface area contributed by atoms with E-state index in [1.807, 2.05) is 24.3 Å². The molecule has 4 aromatic rings. The SMILES string of the molecule is CCOC(=O)c1ccc(NC(=O)c2ccc(-c3nc4ccc(Cl)cc4[nH]3)cc2)cc1. The summed E-state index contributed by atoms with van der Waals surface area (Å²) in [6.45, 7) is 2.07. The Labute approximate surface area is 177 Å². The average Bonchev–Trinajstić information content (AvgIpc) is 3.17. The minimum absolute atomic E-state index is 0.248. The molecular formula is C23H18ClN3O3. The summed E-state index contributed by atoms with van der Waals surface area (Å²) in [5.74, 6) is 0.0643. The minimum Gasteiger partial charge on any atom is -0.462 e. The second kappa shape index (κ2) is 8.39. The summed E-state index contributed by atoms with van der Waals surface area (Å²) in [6.07, 6.45) is 0. The maximum atomic E-state index is 12.5. The van der Waals surface area contributed by atoms with Crippen LogP contribution in [0.25, 0.3) is 22.4 Å². The molecule has 0 aliphatic carbocycles. The quantitative estimate of drug-likeness (QED) is 0.429. The molecule has 7 heteroatoms. The van der Waals surface area contributed by atoms with Crippen LogP contribution in [0.5, 0.6) is 0 Å². The molecule has 0 atom stereocenters. The molecule has 0 bridgehead atoms. The fourth-order valence-corrected chi connectivity index (χ4v) is 3.18. The molecule has 30 heavy (non-hydrogen) atoms. The number of rotatable bonds is 5. The average molecular weight is 420 g/mol. The van der Waals surface area contributed by atoms with Crippen molar-refractivity contribution >= 4 is 40.2 Å². The van der Waals surface area contributed by atoms with E-state index in [0.29, 0.717) is 34.3 Å². The fourth-order valence-electron chi connectivity index (χ4n) is 3.01. The van der Waals surface area contributed by atoms with Crippen molar-refractivity contribution in [2.45, 2.75) is 6.92 Å². The summed E-state index contributed by atoms with van der Waals surface area (Å²) < 4.78 is 4.95. The van der Waals surface area contributed by atoms with E-state index in [4.69, 9.17) is 16.3 Å². The van der Waals surface area contributed by atoms with Crippen molar-refractivity contribution in [2.75, 3.05) is 11.9 Å². The minimum atomic E-state index is -0.390. The number of esters is 1. The Morgan fingerprint density at radius 1 is 1.00 bits per heavy atom. The van der Waals surface area contributed by atoms with E-state index >= 15 is 0 Å². The third-order valence-corrected chi connectivity index (χ3v) is 4.75. The number of benzene rings is 3. The van der Waals surface area contributed by atoms with Crippen molar-refractivity contribution in [1.29, 1.82) is 0 Å². The molecule has 0 saturated heterocycles. The van der Waals surface area contributed by atoms with Gasteiger partial charge in [-0.05, 0) is 61.5 Å². The van der Waals surface area contributed by atoms with Crippen molar-refractivity contribution in [2.24, 2.45) is 0 Å². The molecule has 0 aliphatic heterocycles. The van der Waals surface area contributed by atoms with Gasteiger partial charge in [0.15, 0.2) is 0 Å². The zero-order valence-electron chi connectivity index (χ0n) is 16.1. The lowest BCUT2D eigenvalue weighted by atomic mass is 10.1. The number of halogens is 1. The van der Waals surface area contributed by atoms with Gasteiger partial charge in [-0.15, -0.1) is 0 Å². The number of carbonyl (C=O) groups excluding carboxylic acids is 2. The molecule has 150 valence electrons. The monoisotopic (exact) mass is 419 g/mol. The largest absolute Gasteiger partial charge is 0.462 e. The molecule has 0 unspecified atom stereocenters. The standard InChI is InChI=1S/C23H18ClN3O3/c1-2-30-23(29)16-7-10-18(11-8-16)25-22(28)15-5-3-14(4-6-15)21-26-19-12-9-17(24)13-20(19)27-21/h3-13H,2H2,1H3,(H,25,28)(H,26,27). The van der Waals surface area contributed by atoms with Gasteiger partial charge in [0, 0.05) is 21.8 Å². The lowest BCUT2D eigenvalue weighted by Crippen LogP contribution is -2.12. The number of H-pyrrole nitrogens is 1. The van der Waals surface area contributed by atoms with Crippen LogP contribution < -0.4 is 5.32 Å². The zero-order chi connectivity index (χ0) is 21.1.